The van der Waals surface area contributed by atoms with Crippen molar-refractivity contribution in [2.24, 2.45) is 0 Å². The molecule has 1 heterocycles. The third-order valence-electron chi connectivity index (χ3n) is 5.95. The van der Waals surface area contributed by atoms with Gasteiger partial charge in [-0.1, -0.05) is 24.6 Å². The Morgan fingerprint density at radius 3 is 2.33 bits per heavy atom. The summed E-state index contributed by atoms with van der Waals surface area (Å²) in [6.45, 7) is 8.21. The lowest BCUT2D eigenvalue weighted by Gasteiger charge is -2.35. The molecule has 1 aliphatic heterocycles. The Morgan fingerprint density at radius 1 is 0.939 bits per heavy atom. The average molecular weight is 472 g/mol. The number of amides is 2. The molecule has 0 aromatic heterocycles. The van der Waals surface area contributed by atoms with Crippen molar-refractivity contribution >= 4 is 27.5 Å². The molecule has 0 spiro atoms. The van der Waals surface area contributed by atoms with Gasteiger partial charge in [-0.25, -0.2) is 8.42 Å². The van der Waals surface area contributed by atoms with Crippen molar-refractivity contribution in [1.82, 2.24) is 9.62 Å². The van der Waals surface area contributed by atoms with Crippen LogP contribution >= 0.6 is 0 Å². The number of rotatable bonds is 6. The van der Waals surface area contributed by atoms with E-state index in [2.05, 4.69) is 10.6 Å². The number of sulfonamides is 1. The van der Waals surface area contributed by atoms with Crippen molar-refractivity contribution in [3.8, 4) is 0 Å². The van der Waals surface area contributed by atoms with Crippen molar-refractivity contribution in [2.75, 3.05) is 18.4 Å². The molecule has 178 valence electrons. The number of nitrogens with one attached hydrogen (secondary N) is 2. The second kappa shape index (κ2) is 10.5. The third-order valence-corrected chi connectivity index (χ3v) is 8.05. The smallest absolute Gasteiger partial charge is 0.313 e. The quantitative estimate of drug-likeness (QED) is 0.629. The van der Waals surface area contributed by atoms with Gasteiger partial charge in [-0.2, -0.15) is 4.31 Å². The molecular weight excluding hydrogens is 438 g/mol. The maximum Gasteiger partial charge on any atom is 0.313 e. The number of benzene rings is 2. The van der Waals surface area contributed by atoms with Gasteiger partial charge in [0.1, 0.15) is 0 Å². The molecular formula is C25H33N3O4S. The van der Waals surface area contributed by atoms with Crippen molar-refractivity contribution in [2.45, 2.75) is 64.3 Å². The van der Waals surface area contributed by atoms with Gasteiger partial charge in [0.25, 0.3) is 0 Å². The second-order valence-corrected chi connectivity index (χ2v) is 10.8. The van der Waals surface area contributed by atoms with Crippen LogP contribution in [0, 0.1) is 27.7 Å². The molecule has 1 saturated heterocycles. The number of piperidine rings is 1. The minimum Gasteiger partial charge on any atom is -0.348 e. The van der Waals surface area contributed by atoms with Gasteiger partial charge in [-0.05, 0) is 87.4 Å². The highest BCUT2D eigenvalue weighted by molar-refractivity contribution is 7.89. The number of hydrogen-bond acceptors (Lipinski definition) is 4. The fourth-order valence-corrected chi connectivity index (χ4v) is 6.39. The number of hydrogen-bond donors (Lipinski definition) is 2. The summed E-state index contributed by atoms with van der Waals surface area (Å²) in [5, 5.41) is 5.26. The molecule has 0 aliphatic carbocycles. The fraction of sp³-hybridized carbons (Fsp3) is 0.440. The molecule has 7 nitrogen and oxygen atoms in total. The summed E-state index contributed by atoms with van der Waals surface area (Å²) in [6.07, 6.45) is 2.93. The molecule has 0 bridgehead atoms. The van der Waals surface area contributed by atoms with Gasteiger partial charge in [-0.15, -0.1) is 0 Å². The predicted octanol–water partition coefficient (Wildman–Crippen LogP) is 3.61. The van der Waals surface area contributed by atoms with Crippen LogP contribution in [0.25, 0.3) is 0 Å². The Balaban J connectivity index is 1.61. The van der Waals surface area contributed by atoms with Gasteiger partial charge in [-0.3, -0.25) is 9.59 Å². The Kier molecular flexibility index (Phi) is 7.92. The standard InChI is InChI=1S/C25H33N3O4S/c1-17-8-9-20(4)23(16-17)33(31,32)28-12-6-5-7-22(28)10-11-26-24(29)25(30)27-21-14-18(2)13-19(3)15-21/h8-9,13-16,22H,5-7,10-12H2,1-4H3,(H,26,29)(H,27,30)/t22-/m0/s1. The first-order valence-corrected chi connectivity index (χ1v) is 12.8. The predicted molar refractivity (Wildman–Crippen MR) is 130 cm³/mol. The molecule has 0 saturated carbocycles. The van der Waals surface area contributed by atoms with Crippen molar-refractivity contribution in [3.05, 3.63) is 58.7 Å². The summed E-state index contributed by atoms with van der Waals surface area (Å²) >= 11 is 0. The largest absolute Gasteiger partial charge is 0.348 e. The zero-order valence-electron chi connectivity index (χ0n) is 19.8. The van der Waals surface area contributed by atoms with Gasteiger partial charge in [0.2, 0.25) is 10.0 Å². The van der Waals surface area contributed by atoms with Crippen molar-refractivity contribution in [3.63, 3.8) is 0 Å². The van der Waals surface area contributed by atoms with Gasteiger partial charge >= 0.3 is 11.8 Å². The molecule has 0 radical (unpaired) electrons. The Hall–Kier alpha value is -2.71. The van der Waals surface area contributed by atoms with Crippen LogP contribution < -0.4 is 10.6 Å². The van der Waals surface area contributed by atoms with E-state index in [1.807, 2.05) is 39.0 Å². The minimum absolute atomic E-state index is 0.216. The normalized spacial score (nSPS) is 16.9. The molecule has 2 amide bonds. The summed E-state index contributed by atoms with van der Waals surface area (Å²) in [5.41, 5.74) is 4.18. The van der Waals surface area contributed by atoms with Crippen LogP contribution in [0.5, 0.6) is 0 Å². The SMILES string of the molecule is Cc1cc(C)cc(NC(=O)C(=O)NCC[C@@H]2CCCCN2S(=O)(=O)c2cc(C)ccc2C)c1. The Morgan fingerprint density at radius 2 is 1.64 bits per heavy atom. The van der Waals surface area contributed by atoms with Crippen LogP contribution in [-0.4, -0.2) is 43.7 Å². The molecule has 2 aromatic carbocycles. The Bertz CT molecular complexity index is 1120. The van der Waals surface area contributed by atoms with E-state index in [0.29, 0.717) is 23.5 Å². The molecule has 33 heavy (non-hydrogen) atoms. The zero-order chi connectivity index (χ0) is 24.2. The van der Waals surface area contributed by atoms with E-state index in [1.54, 1.807) is 29.4 Å². The van der Waals surface area contributed by atoms with Crippen LogP contribution in [0.1, 0.15) is 47.9 Å². The summed E-state index contributed by atoms with van der Waals surface area (Å²) in [4.78, 5) is 24.9. The monoisotopic (exact) mass is 471 g/mol. The number of carbonyl (C=O) groups is 2. The van der Waals surface area contributed by atoms with Crippen molar-refractivity contribution in [1.29, 1.82) is 0 Å². The topological polar surface area (TPSA) is 95.6 Å². The highest BCUT2D eigenvalue weighted by Gasteiger charge is 2.34. The molecule has 1 fully saturated rings. The third kappa shape index (κ3) is 6.21. The minimum atomic E-state index is -3.64. The number of nitrogens with zero attached hydrogens (tertiary/aromatic N) is 1. The maximum absolute atomic E-state index is 13.4. The first kappa shape index (κ1) is 24.9. The average Bonchev–Trinajstić information content (AvgIpc) is 2.74. The van der Waals surface area contributed by atoms with Crippen LogP contribution in [0.3, 0.4) is 0 Å². The zero-order valence-corrected chi connectivity index (χ0v) is 20.6. The number of aryl methyl sites for hydroxylation is 4. The molecule has 3 rings (SSSR count). The Labute approximate surface area is 196 Å². The summed E-state index contributed by atoms with van der Waals surface area (Å²) in [6, 6.07) is 10.8. The molecule has 2 N–H and O–H groups in total. The van der Waals surface area contributed by atoms with Crippen LogP contribution in [0.4, 0.5) is 5.69 Å². The van der Waals surface area contributed by atoms with Gasteiger partial charge < -0.3 is 10.6 Å². The lowest BCUT2D eigenvalue weighted by molar-refractivity contribution is -0.136. The van der Waals surface area contributed by atoms with Crippen LogP contribution in [0.2, 0.25) is 0 Å². The van der Waals surface area contributed by atoms with Gasteiger partial charge in [0.15, 0.2) is 0 Å². The highest BCUT2D eigenvalue weighted by Crippen LogP contribution is 2.29. The number of anilines is 1. The molecule has 1 atom stereocenters. The van der Waals surface area contributed by atoms with Crippen molar-refractivity contribution < 1.29 is 18.0 Å². The first-order valence-electron chi connectivity index (χ1n) is 11.3. The maximum atomic E-state index is 13.4. The molecule has 8 heteroatoms. The van der Waals surface area contributed by atoms with E-state index in [4.69, 9.17) is 0 Å². The van der Waals surface area contributed by atoms with E-state index < -0.39 is 21.8 Å². The van der Waals surface area contributed by atoms with Gasteiger partial charge in [0, 0.05) is 24.8 Å². The lowest BCUT2D eigenvalue weighted by Crippen LogP contribution is -2.46. The molecule has 0 unspecified atom stereocenters. The van der Waals surface area contributed by atoms with E-state index in [9.17, 15) is 18.0 Å². The van der Waals surface area contributed by atoms with E-state index in [0.717, 1.165) is 41.5 Å². The van der Waals surface area contributed by atoms with Crippen LogP contribution in [0.15, 0.2) is 41.3 Å². The second-order valence-electron chi connectivity index (χ2n) is 8.91. The summed E-state index contributed by atoms with van der Waals surface area (Å²) in [7, 11) is -3.64. The van der Waals surface area contributed by atoms with Crippen LogP contribution in [-0.2, 0) is 19.6 Å². The van der Waals surface area contributed by atoms with E-state index >= 15 is 0 Å². The first-order chi connectivity index (χ1) is 15.6. The van der Waals surface area contributed by atoms with E-state index in [-0.39, 0.29) is 12.6 Å². The highest BCUT2D eigenvalue weighted by atomic mass is 32.2. The molecule has 2 aromatic rings. The number of carbonyl (C=O) groups excluding carboxylic acids is 2. The lowest BCUT2D eigenvalue weighted by atomic mass is 10.0. The summed E-state index contributed by atoms with van der Waals surface area (Å²) in [5.74, 6) is -1.46. The fourth-order valence-electron chi connectivity index (χ4n) is 4.36. The van der Waals surface area contributed by atoms with E-state index in [1.165, 1.54) is 0 Å². The van der Waals surface area contributed by atoms with Gasteiger partial charge in [0.05, 0.1) is 4.90 Å². The summed E-state index contributed by atoms with van der Waals surface area (Å²) < 4.78 is 28.4. The molecule has 1 aliphatic rings.